The Labute approximate surface area is 109 Å². The molecule has 0 aromatic heterocycles. The minimum absolute atomic E-state index is 0.0143. The van der Waals surface area contributed by atoms with Crippen molar-refractivity contribution in [2.24, 2.45) is 0 Å². The molecule has 2 N–H and O–H groups in total. The molecular formula is C13H21NO3S. The van der Waals surface area contributed by atoms with Crippen molar-refractivity contribution in [3.63, 3.8) is 0 Å². The fourth-order valence-electron chi connectivity index (χ4n) is 1.70. The van der Waals surface area contributed by atoms with Crippen molar-refractivity contribution >= 4 is 10.0 Å². The average Bonchev–Trinajstić information content (AvgIpc) is 2.28. The number of benzene rings is 1. The molecule has 0 aliphatic rings. The molecule has 0 spiro atoms. The van der Waals surface area contributed by atoms with Gasteiger partial charge in [0.25, 0.3) is 0 Å². The molecule has 1 aromatic rings. The molecule has 0 fully saturated rings. The Kier molecular flexibility index (Phi) is 4.90. The molecule has 0 radical (unpaired) electrons. The Balaban J connectivity index is 2.72. The van der Waals surface area contributed by atoms with Crippen LogP contribution >= 0.6 is 0 Å². The molecule has 102 valence electrons. The van der Waals surface area contributed by atoms with Crippen LogP contribution in [0.2, 0.25) is 0 Å². The highest BCUT2D eigenvalue weighted by Gasteiger charge is 2.25. The first-order valence-electron chi connectivity index (χ1n) is 5.93. The largest absolute Gasteiger partial charge is 0.394 e. The molecule has 18 heavy (non-hydrogen) atoms. The lowest BCUT2D eigenvalue weighted by atomic mass is 10.0. The summed E-state index contributed by atoms with van der Waals surface area (Å²) in [6, 6.07) is 9.51. The molecule has 0 aliphatic carbocycles. The summed E-state index contributed by atoms with van der Waals surface area (Å²) in [6.07, 6.45) is 0. The van der Waals surface area contributed by atoms with E-state index in [1.807, 2.05) is 37.3 Å². The van der Waals surface area contributed by atoms with E-state index in [0.29, 0.717) is 0 Å². The van der Waals surface area contributed by atoms with Gasteiger partial charge in [-0.2, -0.15) is 0 Å². The molecule has 1 aromatic carbocycles. The van der Waals surface area contributed by atoms with Gasteiger partial charge < -0.3 is 5.11 Å². The lowest BCUT2D eigenvalue weighted by Crippen LogP contribution is -2.47. The minimum Gasteiger partial charge on any atom is -0.394 e. The first-order chi connectivity index (χ1) is 8.26. The van der Waals surface area contributed by atoms with Gasteiger partial charge in [0, 0.05) is 0 Å². The first-order valence-corrected chi connectivity index (χ1v) is 7.58. The van der Waals surface area contributed by atoms with Gasteiger partial charge in [0.2, 0.25) is 10.0 Å². The zero-order chi connectivity index (χ0) is 13.8. The van der Waals surface area contributed by atoms with Gasteiger partial charge in [-0.1, -0.05) is 37.3 Å². The van der Waals surface area contributed by atoms with Crippen molar-refractivity contribution in [1.82, 2.24) is 4.72 Å². The van der Waals surface area contributed by atoms with E-state index in [0.717, 1.165) is 5.56 Å². The monoisotopic (exact) mass is 271 g/mol. The van der Waals surface area contributed by atoms with Crippen LogP contribution in [0, 0.1) is 0 Å². The maximum Gasteiger partial charge on any atom is 0.212 e. The Bertz CT molecular complexity index is 468. The Hall–Kier alpha value is -0.910. The summed E-state index contributed by atoms with van der Waals surface area (Å²) in [5.74, 6) is -0.0707. The van der Waals surface area contributed by atoms with Crippen molar-refractivity contribution in [2.45, 2.75) is 32.2 Å². The van der Waals surface area contributed by atoms with Crippen molar-refractivity contribution in [1.29, 1.82) is 0 Å². The van der Waals surface area contributed by atoms with Crippen molar-refractivity contribution in [3.8, 4) is 0 Å². The smallest absolute Gasteiger partial charge is 0.212 e. The summed E-state index contributed by atoms with van der Waals surface area (Å²) < 4.78 is 26.4. The normalized spacial score (nSPS) is 14.4. The molecule has 0 aliphatic heterocycles. The maximum atomic E-state index is 12.0. The number of aliphatic hydroxyl groups is 1. The summed E-state index contributed by atoms with van der Waals surface area (Å²) in [5, 5.41) is 9.08. The van der Waals surface area contributed by atoms with Gasteiger partial charge in [0.15, 0.2) is 0 Å². The van der Waals surface area contributed by atoms with E-state index < -0.39 is 15.6 Å². The van der Waals surface area contributed by atoms with E-state index in [1.165, 1.54) is 0 Å². The summed E-state index contributed by atoms with van der Waals surface area (Å²) in [4.78, 5) is 0. The number of aliphatic hydroxyl groups excluding tert-OH is 1. The van der Waals surface area contributed by atoms with E-state index in [9.17, 15) is 8.42 Å². The highest BCUT2D eigenvalue weighted by Crippen LogP contribution is 2.17. The van der Waals surface area contributed by atoms with Gasteiger partial charge in [-0.25, -0.2) is 13.1 Å². The lowest BCUT2D eigenvalue weighted by molar-refractivity contribution is 0.208. The molecule has 0 saturated carbocycles. The summed E-state index contributed by atoms with van der Waals surface area (Å²) in [5.41, 5.74) is 0.166. The highest BCUT2D eigenvalue weighted by atomic mass is 32.2. The van der Waals surface area contributed by atoms with Crippen LogP contribution in [0.25, 0.3) is 0 Å². The summed E-state index contributed by atoms with van der Waals surface area (Å²) >= 11 is 0. The lowest BCUT2D eigenvalue weighted by Gasteiger charge is -2.24. The second kappa shape index (κ2) is 5.82. The highest BCUT2D eigenvalue weighted by molar-refractivity contribution is 7.89. The van der Waals surface area contributed by atoms with E-state index in [4.69, 9.17) is 5.11 Å². The standard InChI is InChI=1S/C13H21NO3S/c1-11(12-7-5-4-6-8-12)9-18(16,17)14-13(2,3)10-15/h4-8,11,14-15H,9-10H2,1-3H3. The zero-order valence-corrected chi connectivity index (χ0v) is 11.9. The molecule has 0 amide bonds. The second-order valence-electron chi connectivity index (χ2n) is 5.24. The number of nitrogens with one attached hydrogen (secondary N) is 1. The molecule has 1 atom stereocenters. The zero-order valence-electron chi connectivity index (χ0n) is 11.1. The van der Waals surface area contributed by atoms with E-state index in [1.54, 1.807) is 13.8 Å². The van der Waals surface area contributed by atoms with E-state index >= 15 is 0 Å². The Morgan fingerprint density at radius 1 is 1.28 bits per heavy atom. The van der Waals surface area contributed by atoms with E-state index in [2.05, 4.69) is 4.72 Å². The number of rotatable bonds is 6. The quantitative estimate of drug-likeness (QED) is 0.823. The molecular weight excluding hydrogens is 250 g/mol. The third-order valence-electron chi connectivity index (χ3n) is 2.67. The molecule has 1 unspecified atom stereocenters. The molecule has 4 nitrogen and oxygen atoms in total. The predicted octanol–water partition coefficient (Wildman–Crippen LogP) is 1.48. The van der Waals surface area contributed by atoms with Gasteiger partial charge in [-0.15, -0.1) is 0 Å². The molecule has 0 heterocycles. The van der Waals surface area contributed by atoms with Crippen molar-refractivity contribution < 1.29 is 13.5 Å². The van der Waals surface area contributed by atoms with Crippen LogP contribution < -0.4 is 4.72 Å². The Morgan fingerprint density at radius 2 is 1.83 bits per heavy atom. The van der Waals surface area contributed by atoms with Crippen molar-refractivity contribution in [2.75, 3.05) is 12.4 Å². The first kappa shape index (κ1) is 15.1. The molecule has 0 bridgehead atoms. The van der Waals surface area contributed by atoms with Crippen LogP contribution in [0.1, 0.15) is 32.3 Å². The van der Waals surface area contributed by atoms with Crippen LogP contribution in [0.4, 0.5) is 0 Å². The van der Waals surface area contributed by atoms with Gasteiger partial charge in [-0.3, -0.25) is 0 Å². The second-order valence-corrected chi connectivity index (χ2v) is 7.00. The van der Waals surface area contributed by atoms with E-state index in [-0.39, 0.29) is 18.3 Å². The average molecular weight is 271 g/mol. The minimum atomic E-state index is -3.41. The third kappa shape index (κ3) is 4.76. The van der Waals surface area contributed by atoms with Crippen molar-refractivity contribution in [3.05, 3.63) is 35.9 Å². The maximum absolute atomic E-state index is 12.0. The molecule has 0 saturated heterocycles. The van der Waals surface area contributed by atoms with Crippen LogP contribution in [0.3, 0.4) is 0 Å². The summed E-state index contributed by atoms with van der Waals surface area (Å²) in [7, 11) is -3.41. The fraction of sp³-hybridized carbons (Fsp3) is 0.538. The SMILES string of the molecule is CC(CS(=O)(=O)NC(C)(C)CO)c1ccccc1. The molecule has 5 heteroatoms. The van der Waals surface area contributed by atoms with Gasteiger partial charge in [-0.05, 0) is 25.3 Å². The van der Waals surface area contributed by atoms with Gasteiger partial charge in [0.05, 0.1) is 17.9 Å². The Morgan fingerprint density at radius 3 is 2.33 bits per heavy atom. The molecule has 1 rings (SSSR count). The fourth-order valence-corrected chi connectivity index (χ4v) is 3.54. The van der Waals surface area contributed by atoms with Gasteiger partial charge >= 0.3 is 0 Å². The number of hydrogen-bond acceptors (Lipinski definition) is 3. The van der Waals surface area contributed by atoms with Crippen LogP contribution in [0.15, 0.2) is 30.3 Å². The number of sulfonamides is 1. The topological polar surface area (TPSA) is 66.4 Å². The summed E-state index contributed by atoms with van der Waals surface area (Å²) in [6.45, 7) is 4.95. The van der Waals surface area contributed by atoms with Gasteiger partial charge in [0.1, 0.15) is 0 Å². The number of hydrogen-bond donors (Lipinski definition) is 2. The third-order valence-corrected chi connectivity index (χ3v) is 4.47. The van der Waals surface area contributed by atoms with Crippen LogP contribution in [0.5, 0.6) is 0 Å². The van der Waals surface area contributed by atoms with Crippen LogP contribution in [-0.4, -0.2) is 31.4 Å². The van der Waals surface area contributed by atoms with Crippen LogP contribution in [-0.2, 0) is 10.0 Å². The predicted molar refractivity (Wildman–Crippen MR) is 72.9 cm³/mol.